The topological polar surface area (TPSA) is 17.8 Å². The van der Waals surface area contributed by atoms with E-state index in [2.05, 4.69) is 4.98 Å². The Bertz CT molecular complexity index is 520. The van der Waals surface area contributed by atoms with Crippen molar-refractivity contribution in [3.63, 3.8) is 0 Å². The minimum atomic E-state index is -4.26. The van der Waals surface area contributed by atoms with Gasteiger partial charge in [0.1, 0.15) is 6.54 Å². The first-order valence-corrected chi connectivity index (χ1v) is 6.45. The molecule has 0 atom stereocenters. The zero-order valence-electron chi connectivity index (χ0n) is 9.61. The third-order valence-electron chi connectivity index (χ3n) is 2.41. The van der Waals surface area contributed by atoms with Gasteiger partial charge in [0.25, 0.3) is 0 Å². The fraction of sp³-hybridized carbons (Fsp3) is 0.250. The van der Waals surface area contributed by atoms with E-state index in [0.29, 0.717) is 10.9 Å². The van der Waals surface area contributed by atoms with Crippen LogP contribution in [0.15, 0.2) is 41.7 Å². The van der Waals surface area contributed by atoms with Gasteiger partial charge in [0.05, 0.1) is 11.9 Å². The van der Waals surface area contributed by atoms with Crippen molar-refractivity contribution < 1.29 is 13.2 Å². The smallest absolute Gasteiger partial charge is 0.310 e. The van der Waals surface area contributed by atoms with Crippen LogP contribution >= 0.6 is 11.8 Å². The Morgan fingerprint density at radius 2 is 1.89 bits per heavy atom. The fourth-order valence-electron chi connectivity index (χ4n) is 1.69. The molecule has 18 heavy (non-hydrogen) atoms. The summed E-state index contributed by atoms with van der Waals surface area (Å²) in [5.74, 6) is 0. The van der Waals surface area contributed by atoms with Gasteiger partial charge in [-0.3, -0.25) is 0 Å². The molecule has 0 aliphatic heterocycles. The summed E-state index contributed by atoms with van der Waals surface area (Å²) in [6, 6.07) is 8.95. The highest BCUT2D eigenvalue weighted by Gasteiger charge is 2.30. The van der Waals surface area contributed by atoms with Gasteiger partial charge >= 0.3 is 6.18 Å². The lowest BCUT2D eigenvalue weighted by Crippen LogP contribution is -2.19. The molecule has 2 aromatic rings. The lowest BCUT2D eigenvalue weighted by molar-refractivity contribution is -0.141. The average molecular weight is 272 g/mol. The van der Waals surface area contributed by atoms with Gasteiger partial charge in [0.2, 0.25) is 0 Å². The maximum atomic E-state index is 12.6. The van der Waals surface area contributed by atoms with Crippen LogP contribution in [0.3, 0.4) is 0 Å². The van der Waals surface area contributed by atoms with Crippen molar-refractivity contribution in [1.82, 2.24) is 9.55 Å². The summed E-state index contributed by atoms with van der Waals surface area (Å²) < 4.78 is 38.9. The number of hydrogen-bond donors (Lipinski definition) is 0. The molecule has 1 heterocycles. The van der Waals surface area contributed by atoms with Gasteiger partial charge in [-0.25, -0.2) is 4.98 Å². The Hall–Kier alpha value is -1.43. The van der Waals surface area contributed by atoms with Crippen LogP contribution in [0.2, 0.25) is 0 Å². The molecule has 1 aromatic carbocycles. The predicted molar refractivity (Wildman–Crippen MR) is 65.5 cm³/mol. The van der Waals surface area contributed by atoms with Gasteiger partial charge in [0.15, 0.2) is 5.16 Å². The molecule has 0 amide bonds. The third-order valence-corrected chi connectivity index (χ3v) is 3.10. The molecule has 0 aliphatic carbocycles. The third kappa shape index (κ3) is 2.87. The lowest BCUT2D eigenvalue weighted by Gasteiger charge is -2.13. The normalized spacial score (nSPS) is 11.8. The summed E-state index contributed by atoms with van der Waals surface area (Å²) in [4.78, 5) is 4.02. The highest BCUT2D eigenvalue weighted by Crippen LogP contribution is 2.28. The van der Waals surface area contributed by atoms with Gasteiger partial charge in [-0.1, -0.05) is 42.1 Å². The summed E-state index contributed by atoms with van der Waals surface area (Å²) in [7, 11) is 0. The largest absolute Gasteiger partial charge is 0.406 e. The summed E-state index contributed by atoms with van der Waals surface area (Å²) in [5.41, 5.74) is 1.21. The number of thioether (sulfide) groups is 1. The monoisotopic (exact) mass is 272 g/mol. The zero-order chi connectivity index (χ0) is 13.2. The minimum absolute atomic E-state index is 0.367. The molecule has 0 aliphatic rings. The molecule has 1 aromatic heterocycles. The second-order valence-electron chi connectivity index (χ2n) is 3.70. The van der Waals surface area contributed by atoms with Crippen LogP contribution in [0.5, 0.6) is 0 Å². The Balaban J connectivity index is 2.46. The van der Waals surface area contributed by atoms with Crippen LogP contribution in [-0.2, 0) is 6.54 Å². The summed E-state index contributed by atoms with van der Waals surface area (Å²) in [6.45, 7) is -1.02. The van der Waals surface area contributed by atoms with Gasteiger partial charge < -0.3 is 4.57 Å². The highest BCUT2D eigenvalue weighted by atomic mass is 32.2. The van der Waals surface area contributed by atoms with E-state index in [9.17, 15) is 13.2 Å². The number of nitrogens with zero attached hydrogens (tertiary/aromatic N) is 2. The second-order valence-corrected chi connectivity index (χ2v) is 4.47. The van der Waals surface area contributed by atoms with Crippen LogP contribution in [0.4, 0.5) is 13.2 Å². The van der Waals surface area contributed by atoms with Crippen molar-refractivity contribution in [3.8, 4) is 11.3 Å². The first-order valence-electron chi connectivity index (χ1n) is 5.23. The molecule has 96 valence electrons. The van der Waals surface area contributed by atoms with Gasteiger partial charge in [-0.2, -0.15) is 13.2 Å². The lowest BCUT2D eigenvalue weighted by atomic mass is 10.2. The Kier molecular flexibility index (Phi) is 3.65. The Labute approximate surface area is 107 Å². The van der Waals surface area contributed by atoms with E-state index in [0.717, 1.165) is 5.56 Å². The van der Waals surface area contributed by atoms with E-state index in [-0.39, 0.29) is 0 Å². The van der Waals surface area contributed by atoms with Gasteiger partial charge in [-0.05, 0) is 11.8 Å². The number of rotatable bonds is 3. The van der Waals surface area contributed by atoms with E-state index in [4.69, 9.17) is 0 Å². The van der Waals surface area contributed by atoms with Crippen molar-refractivity contribution in [3.05, 3.63) is 36.5 Å². The molecule has 0 spiro atoms. The van der Waals surface area contributed by atoms with Crippen molar-refractivity contribution in [2.24, 2.45) is 0 Å². The van der Waals surface area contributed by atoms with E-state index in [1.54, 1.807) is 30.5 Å². The quantitative estimate of drug-likeness (QED) is 0.790. The molecule has 0 bridgehead atoms. The number of halogens is 3. The molecular formula is C12H11F3N2S. The van der Waals surface area contributed by atoms with Crippen LogP contribution in [0.1, 0.15) is 0 Å². The standard InChI is InChI=1S/C12H11F3N2S/c1-18-11-16-7-10(9-5-3-2-4-6-9)17(11)8-12(13,14)15/h2-7H,8H2,1H3. The number of alkyl halides is 3. The molecule has 0 N–H and O–H groups in total. The summed E-state index contributed by atoms with van der Waals surface area (Å²) in [5, 5.41) is 0.367. The van der Waals surface area contributed by atoms with E-state index in [1.807, 2.05) is 6.07 Å². The SMILES string of the molecule is CSc1ncc(-c2ccccc2)n1CC(F)(F)F. The molecular weight excluding hydrogens is 261 g/mol. The number of hydrogen-bond acceptors (Lipinski definition) is 2. The molecule has 0 fully saturated rings. The Morgan fingerprint density at radius 3 is 2.44 bits per heavy atom. The fourth-order valence-corrected chi connectivity index (χ4v) is 2.23. The van der Waals surface area contributed by atoms with Gasteiger partial charge in [-0.15, -0.1) is 0 Å². The molecule has 0 saturated heterocycles. The summed E-state index contributed by atoms with van der Waals surface area (Å²) >= 11 is 1.20. The van der Waals surface area contributed by atoms with Crippen molar-refractivity contribution in [2.45, 2.75) is 17.9 Å². The van der Waals surface area contributed by atoms with Gasteiger partial charge in [0, 0.05) is 0 Å². The van der Waals surface area contributed by atoms with Crippen LogP contribution in [0, 0.1) is 0 Å². The first-order chi connectivity index (χ1) is 8.51. The highest BCUT2D eigenvalue weighted by molar-refractivity contribution is 7.98. The zero-order valence-corrected chi connectivity index (χ0v) is 10.4. The number of imidazole rings is 1. The molecule has 2 rings (SSSR count). The average Bonchev–Trinajstić information content (AvgIpc) is 2.71. The maximum absolute atomic E-state index is 12.6. The van der Waals surface area contributed by atoms with Crippen molar-refractivity contribution in [1.29, 1.82) is 0 Å². The van der Waals surface area contributed by atoms with Crippen molar-refractivity contribution >= 4 is 11.8 Å². The first kappa shape index (κ1) is 13.0. The Morgan fingerprint density at radius 1 is 1.22 bits per heavy atom. The minimum Gasteiger partial charge on any atom is -0.310 e. The molecule has 0 unspecified atom stereocenters. The van der Waals surface area contributed by atoms with Crippen molar-refractivity contribution in [2.75, 3.05) is 6.26 Å². The number of aromatic nitrogens is 2. The van der Waals surface area contributed by atoms with Crippen LogP contribution < -0.4 is 0 Å². The summed E-state index contributed by atoms with van der Waals surface area (Å²) in [6.07, 6.45) is -1.06. The predicted octanol–water partition coefficient (Wildman–Crippen LogP) is 3.83. The maximum Gasteiger partial charge on any atom is 0.406 e. The van der Waals surface area contributed by atoms with E-state index >= 15 is 0 Å². The van der Waals surface area contributed by atoms with E-state index in [1.165, 1.54) is 22.5 Å². The molecule has 0 radical (unpaired) electrons. The second kappa shape index (κ2) is 5.06. The van der Waals surface area contributed by atoms with Crippen LogP contribution in [0.25, 0.3) is 11.3 Å². The molecule has 0 saturated carbocycles. The van der Waals surface area contributed by atoms with E-state index < -0.39 is 12.7 Å². The molecule has 2 nitrogen and oxygen atoms in total. The molecule has 6 heteroatoms. The number of benzene rings is 1. The van der Waals surface area contributed by atoms with Crippen LogP contribution in [-0.4, -0.2) is 22.0 Å².